The highest BCUT2D eigenvalue weighted by Gasteiger charge is 2.03. The Morgan fingerprint density at radius 2 is 2.19 bits per heavy atom. The maximum absolute atomic E-state index is 8.71. The van der Waals surface area contributed by atoms with Crippen LogP contribution < -0.4 is 5.32 Å². The molecule has 1 aromatic heterocycles. The number of nitrogens with one attached hydrogen (secondary N) is 1. The van der Waals surface area contributed by atoms with Crippen LogP contribution in [0.1, 0.15) is 16.0 Å². The van der Waals surface area contributed by atoms with Gasteiger partial charge in [0, 0.05) is 5.69 Å². The van der Waals surface area contributed by atoms with Gasteiger partial charge in [0.15, 0.2) is 5.13 Å². The molecule has 1 aromatic carbocycles. The van der Waals surface area contributed by atoms with Gasteiger partial charge < -0.3 is 5.32 Å². The van der Waals surface area contributed by atoms with Crippen molar-refractivity contribution >= 4 is 22.2 Å². The van der Waals surface area contributed by atoms with Crippen molar-refractivity contribution in [2.24, 2.45) is 0 Å². The van der Waals surface area contributed by atoms with Gasteiger partial charge in [0.05, 0.1) is 6.20 Å². The molecule has 0 aliphatic carbocycles. The van der Waals surface area contributed by atoms with Crippen molar-refractivity contribution in [3.63, 3.8) is 0 Å². The number of nitriles is 1. The standard InChI is InChI=1S/C12H11N3S/c1-8-3-4-9(2)11(5-8)15-12-14-7-10(6-13)16-12/h3-5,7H,1-2H3,(H,14,15). The van der Waals surface area contributed by atoms with E-state index in [1.54, 1.807) is 6.20 Å². The first-order valence-corrected chi connectivity index (χ1v) is 5.71. The summed E-state index contributed by atoms with van der Waals surface area (Å²) in [6.45, 7) is 4.09. The zero-order valence-corrected chi connectivity index (χ0v) is 9.93. The molecule has 0 amide bonds. The van der Waals surface area contributed by atoms with Gasteiger partial charge in [-0.25, -0.2) is 4.98 Å². The predicted octanol–water partition coefficient (Wildman–Crippen LogP) is 3.38. The molecule has 4 heteroatoms. The van der Waals surface area contributed by atoms with E-state index >= 15 is 0 Å². The molecule has 80 valence electrons. The highest BCUT2D eigenvalue weighted by Crippen LogP contribution is 2.24. The Kier molecular flexibility index (Phi) is 2.88. The van der Waals surface area contributed by atoms with Crippen molar-refractivity contribution in [3.05, 3.63) is 40.4 Å². The zero-order valence-electron chi connectivity index (χ0n) is 9.11. The van der Waals surface area contributed by atoms with Crippen molar-refractivity contribution in [1.82, 2.24) is 4.98 Å². The number of aromatic nitrogens is 1. The van der Waals surface area contributed by atoms with Crippen LogP contribution >= 0.6 is 11.3 Å². The van der Waals surface area contributed by atoms with Crippen LogP contribution in [0.5, 0.6) is 0 Å². The Morgan fingerprint density at radius 1 is 1.38 bits per heavy atom. The monoisotopic (exact) mass is 229 g/mol. The molecule has 0 aliphatic heterocycles. The molecule has 2 aromatic rings. The quantitative estimate of drug-likeness (QED) is 0.858. The van der Waals surface area contributed by atoms with Gasteiger partial charge in [0.1, 0.15) is 10.9 Å². The molecule has 0 spiro atoms. The smallest absolute Gasteiger partial charge is 0.188 e. The third kappa shape index (κ3) is 2.20. The fourth-order valence-electron chi connectivity index (χ4n) is 1.37. The largest absolute Gasteiger partial charge is 0.331 e. The summed E-state index contributed by atoms with van der Waals surface area (Å²) in [5, 5.41) is 12.7. The maximum Gasteiger partial charge on any atom is 0.188 e. The molecule has 0 fully saturated rings. The van der Waals surface area contributed by atoms with Gasteiger partial charge in [0.2, 0.25) is 0 Å². The molecule has 3 nitrogen and oxygen atoms in total. The van der Waals surface area contributed by atoms with E-state index in [1.165, 1.54) is 22.5 Å². The number of hydrogen-bond acceptors (Lipinski definition) is 4. The normalized spacial score (nSPS) is 9.81. The Bertz CT molecular complexity index is 552. The lowest BCUT2D eigenvalue weighted by Gasteiger charge is -2.07. The average molecular weight is 229 g/mol. The highest BCUT2D eigenvalue weighted by atomic mass is 32.1. The minimum absolute atomic E-state index is 0.618. The van der Waals surface area contributed by atoms with E-state index in [2.05, 4.69) is 34.6 Å². The second-order valence-electron chi connectivity index (χ2n) is 3.58. The van der Waals surface area contributed by atoms with E-state index in [4.69, 9.17) is 5.26 Å². The van der Waals surface area contributed by atoms with Gasteiger partial charge in [-0.05, 0) is 31.0 Å². The second kappa shape index (κ2) is 4.33. The van der Waals surface area contributed by atoms with Crippen molar-refractivity contribution in [2.45, 2.75) is 13.8 Å². The van der Waals surface area contributed by atoms with E-state index in [9.17, 15) is 0 Å². The van der Waals surface area contributed by atoms with E-state index in [0.717, 1.165) is 10.8 Å². The fraction of sp³-hybridized carbons (Fsp3) is 0.167. The first-order valence-electron chi connectivity index (χ1n) is 4.89. The molecule has 0 saturated carbocycles. The van der Waals surface area contributed by atoms with Crippen LogP contribution in [0, 0.1) is 25.2 Å². The molecule has 0 saturated heterocycles. The number of thiazole rings is 1. The van der Waals surface area contributed by atoms with E-state index in [-0.39, 0.29) is 0 Å². The van der Waals surface area contributed by atoms with Crippen LogP contribution in [-0.4, -0.2) is 4.98 Å². The summed E-state index contributed by atoms with van der Waals surface area (Å²) in [5.74, 6) is 0. The van der Waals surface area contributed by atoms with Crippen molar-refractivity contribution in [2.75, 3.05) is 5.32 Å². The Labute approximate surface area is 98.4 Å². The van der Waals surface area contributed by atoms with Crippen LogP contribution in [0.4, 0.5) is 10.8 Å². The summed E-state index contributed by atoms with van der Waals surface area (Å²) in [6, 6.07) is 8.29. The number of benzene rings is 1. The van der Waals surface area contributed by atoms with Crippen molar-refractivity contribution < 1.29 is 0 Å². The first kappa shape index (κ1) is 10.7. The average Bonchev–Trinajstić information content (AvgIpc) is 2.71. The van der Waals surface area contributed by atoms with Crippen LogP contribution in [0.15, 0.2) is 24.4 Å². The summed E-state index contributed by atoms with van der Waals surface area (Å²) in [7, 11) is 0. The lowest BCUT2D eigenvalue weighted by Crippen LogP contribution is -1.92. The summed E-state index contributed by atoms with van der Waals surface area (Å²) in [4.78, 5) is 4.76. The number of aryl methyl sites for hydroxylation is 2. The number of hydrogen-bond donors (Lipinski definition) is 1. The number of nitrogens with zero attached hydrogens (tertiary/aromatic N) is 2. The molecule has 1 heterocycles. The molecule has 0 radical (unpaired) electrons. The molecular weight excluding hydrogens is 218 g/mol. The SMILES string of the molecule is Cc1ccc(C)c(Nc2ncc(C#N)s2)c1. The molecule has 0 atom stereocenters. The summed E-state index contributed by atoms with van der Waals surface area (Å²) in [5.41, 5.74) is 3.41. The molecular formula is C12H11N3S. The number of rotatable bonds is 2. The molecule has 16 heavy (non-hydrogen) atoms. The van der Waals surface area contributed by atoms with Gasteiger partial charge in [-0.3, -0.25) is 0 Å². The fourth-order valence-corrected chi connectivity index (χ4v) is 2.00. The van der Waals surface area contributed by atoms with Gasteiger partial charge in [-0.15, -0.1) is 0 Å². The third-order valence-corrected chi connectivity index (χ3v) is 3.07. The molecule has 0 bridgehead atoms. The lowest BCUT2D eigenvalue weighted by atomic mass is 10.1. The Morgan fingerprint density at radius 3 is 2.88 bits per heavy atom. The molecule has 2 rings (SSSR count). The Hall–Kier alpha value is -1.86. The third-order valence-electron chi connectivity index (χ3n) is 2.25. The van der Waals surface area contributed by atoms with E-state index < -0.39 is 0 Å². The van der Waals surface area contributed by atoms with Gasteiger partial charge in [-0.2, -0.15) is 5.26 Å². The lowest BCUT2D eigenvalue weighted by molar-refractivity contribution is 1.34. The van der Waals surface area contributed by atoms with Crippen LogP contribution in [0.2, 0.25) is 0 Å². The topological polar surface area (TPSA) is 48.7 Å². The van der Waals surface area contributed by atoms with Crippen LogP contribution in [0.3, 0.4) is 0 Å². The first-order chi connectivity index (χ1) is 7.69. The summed E-state index contributed by atoms with van der Waals surface area (Å²) >= 11 is 1.36. The van der Waals surface area contributed by atoms with Gasteiger partial charge in [0.25, 0.3) is 0 Å². The van der Waals surface area contributed by atoms with Crippen LogP contribution in [-0.2, 0) is 0 Å². The van der Waals surface area contributed by atoms with E-state index in [0.29, 0.717) is 4.88 Å². The Balaban J connectivity index is 2.27. The minimum Gasteiger partial charge on any atom is -0.331 e. The molecule has 1 N–H and O–H groups in total. The maximum atomic E-state index is 8.71. The summed E-state index contributed by atoms with van der Waals surface area (Å²) < 4.78 is 0. The van der Waals surface area contributed by atoms with Crippen molar-refractivity contribution in [1.29, 1.82) is 5.26 Å². The predicted molar refractivity (Wildman–Crippen MR) is 66.0 cm³/mol. The highest BCUT2D eigenvalue weighted by molar-refractivity contribution is 7.16. The summed E-state index contributed by atoms with van der Waals surface area (Å²) in [6.07, 6.45) is 1.58. The minimum atomic E-state index is 0.618. The molecule has 0 aliphatic rings. The molecule has 0 unspecified atom stereocenters. The van der Waals surface area contributed by atoms with Gasteiger partial charge >= 0.3 is 0 Å². The number of anilines is 2. The van der Waals surface area contributed by atoms with Gasteiger partial charge in [-0.1, -0.05) is 23.5 Å². The van der Waals surface area contributed by atoms with E-state index in [1.807, 2.05) is 13.8 Å². The second-order valence-corrected chi connectivity index (χ2v) is 4.62. The zero-order chi connectivity index (χ0) is 11.5. The van der Waals surface area contributed by atoms with Crippen LogP contribution in [0.25, 0.3) is 0 Å². The van der Waals surface area contributed by atoms with Crippen molar-refractivity contribution in [3.8, 4) is 6.07 Å².